The molecule has 1 amide bonds. The molecule has 0 unspecified atom stereocenters. The van der Waals surface area contributed by atoms with Gasteiger partial charge in [0, 0.05) is 25.2 Å². The summed E-state index contributed by atoms with van der Waals surface area (Å²) in [6.45, 7) is 0. The third-order valence-electron chi connectivity index (χ3n) is 4.59. The fourth-order valence-electron chi connectivity index (χ4n) is 2.95. The number of rotatable bonds is 7. The lowest BCUT2D eigenvalue weighted by molar-refractivity contribution is -0.117. The number of methoxy groups -OCH3 is 1. The standard InChI is InChI=1S/C20H20N6O3/c1-26-11-22-19(25-26)14-4-3-5-15(18(14)29-2)23-16-8-17(21-9-13(16)10-27)24-20(28)12-6-7-12/h3-5,8-12H,6-7H2,1-2H3,(H2,21,23,24,28). The van der Waals surface area contributed by atoms with Crippen molar-refractivity contribution in [1.29, 1.82) is 0 Å². The summed E-state index contributed by atoms with van der Waals surface area (Å²) in [5, 5.41) is 10.3. The van der Waals surface area contributed by atoms with Crippen LogP contribution in [0.3, 0.4) is 0 Å². The number of nitrogens with one attached hydrogen (secondary N) is 2. The van der Waals surface area contributed by atoms with Gasteiger partial charge in [0.05, 0.1) is 29.6 Å². The van der Waals surface area contributed by atoms with E-state index in [4.69, 9.17) is 4.74 Å². The van der Waals surface area contributed by atoms with Gasteiger partial charge in [-0.15, -0.1) is 0 Å². The lowest BCUT2D eigenvalue weighted by atomic mass is 10.1. The maximum atomic E-state index is 12.0. The molecule has 0 saturated heterocycles. The van der Waals surface area contributed by atoms with Gasteiger partial charge in [0.2, 0.25) is 5.91 Å². The Labute approximate surface area is 167 Å². The topological polar surface area (TPSA) is 111 Å². The molecular weight excluding hydrogens is 372 g/mol. The maximum Gasteiger partial charge on any atom is 0.228 e. The number of ether oxygens (including phenoxy) is 1. The molecule has 0 atom stereocenters. The van der Waals surface area contributed by atoms with Crippen molar-refractivity contribution in [2.75, 3.05) is 17.7 Å². The molecule has 1 fully saturated rings. The number of benzene rings is 1. The van der Waals surface area contributed by atoms with Gasteiger partial charge in [-0.2, -0.15) is 5.10 Å². The van der Waals surface area contributed by atoms with E-state index in [9.17, 15) is 9.59 Å². The number of hydrogen-bond donors (Lipinski definition) is 2. The van der Waals surface area contributed by atoms with Crippen molar-refractivity contribution >= 4 is 29.4 Å². The molecule has 2 heterocycles. The number of carbonyl (C=O) groups is 2. The van der Waals surface area contributed by atoms with Gasteiger partial charge in [-0.25, -0.2) is 9.97 Å². The van der Waals surface area contributed by atoms with Crippen molar-refractivity contribution in [2.45, 2.75) is 12.8 Å². The van der Waals surface area contributed by atoms with Crippen molar-refractivity contribution in [3.05, 3.63) is 42.4 Å². The van der Waals surface area contributed by atoms with Crippen molar-refractivity contribution in [1.82, 2.24) is 19.7 Å². The average molecular weight is 392 g/mol. The zero-order valence-electron chi connectivity index (χ0n) is 16.0. The van der Waals surface area contributed by atoms with Crippen LogP contribution in [0.1, 0.15) is 23.2 Å². The van der Waals surface area contributed by atoms with Gasteiger partial charge in [0.1, 0.15) is 12.1 Å². The summed E-state index contributed by atoms with van der Waals surface area (Å²) in [6, 6.07) is 7.15. The van der Waals surface area contributed by atoms with E-state index in [2.05, 4.69) is 25.7 Å². The van der Waals surface area contributed by atoms with Crippen LogP contribution in [0.25, 0.3) is 11.4 Å². The number of hydrogen-bond acceptors (Lipinski definition) is 7. The van der Waals surface area contributed by atoms with Gasteiger partial charge in [-0.3, -0.25) is 14.3 Å². The third-order valence-corrected chi connectivity index (χ3v) is 4.59. The van der Waals surface area contributed by atoms with Crippen LogP contribution in [0.2, 0.25) is 0 Å². The first-order chi connectivity index (χ1) is 14.1. The molecular formula is C20H20N6O3. The Balaban J connectivity index is 1.67. The fourth-order valence-corrected chi connectivity index (χ4v) is 2.95. The Morgan fingerprint density at radius 2 is 2.10 bits per heavy atom. The second-order valence-corrected chi connectivity index (χ2v) is 6.79. The molecule has 4 rings (SSSR count). The third kappa shape index (κ3) is 3.93. The summed E-state index contributed by atoms with van der Waals surface area (Å²) in [5.41, 5.74) is 2.21. The molecule has 0 aliphatic heterocycles. The number of aldehydes is 1. The van der Waals surface area contributed by atoms with Crippen LogP contribution in [0, 0.1) is 5.92 Å². The molecule has 0 radical (unpaired) electrons. The van der Waals surface area contributed by atoms with Gasteiger partial charge in [0.15, 0.2) is 17.9 Å². The zero-order chi connectivity index (χ0) is 20.4. The Morgan fingerprint density at radius 3 is 2.76 bits per heavy atom. The molecule has 1 aliphatic rings. The predicted molar refractivity (Wildman–Crippen MR) is 107 cm³/mol. The first-order valence-corrected chi connectivity index (χ1v) is 9.15. The number of para-hydroxylation sites is 1. The Morgan fingerprint density at radius 1 is 1.28 bits per heavy atom. The SMILES string of the molecule is COc1c(Nc2cc(NC(=O)C3CC3)ncc2C=O)cccc1-c1ncn(C)n1. The minimum Gasteiger partial charge on any atom is -0.494 e. The molecule has 0 spiro atoms. The summed E-state index contributed by atoms with van der Waals surface area (Å²) in [6.07, 6.45) is 5.54. The highest BCUT2D eigenvalue weighted by Gasteiger charge is 2.30. The van der Waals surface area contributed by atoms with Crippen LogP contribution in [-0.4, -0.2) is 39.1 Å². The van der Waals surface area contributed by atoms with Gasteiger partial charge in [-0.1, -0.05) is 6.07 Å². The average Bonchev–Trinajstić information content (AvgIpc) is 3.49. The van der Waals surface area contributed by atoms with Gasteiger partial charge in [-0.05, 0) is 25.0 Å². The summed E-state index contributed by atoms with van der Waals surface area (Å²) in [4.78, 5) is 32.0. The van der Waals surface area contributed by atoms with Crippen molar-refractivity contribution in [3.63, 3.8) is 0 Å². The number of pyridine rings is 1. The Bertz CT molecular complexity index is 1070. The largest absolute Gasteiger partial charge is 0.494 e. The van der Waals surface area contributed by atoms with Crippen LogP contribution in [0.15, 0.2) is 36.8 Å². The van der Waals surface area contributed by atoms with Gasteiger partial charge >= 0.3 is 0 Å². The van der Waals surface area contributed by atoms with Gasteiger partial charge < -0.3 is 15.4 Å². The van der Waals surface area contributed by atoms with Gasteiger partial charge in [0.25, 0.3) is 0 Å². The summed E-state index contributed by atoms with van der Waals surface area (Å²) in [7, 11) is 3.34. The molecule has 3 aromatic rings. The molecule has 1 aromatic carbocycles. The van der Waals surface area contributed by atoms with E-state index in [0.29, 0.717) is 46.2 Å². The number of aromatic nitrogens is 4. The number of nitrogens with zero attached hydrogens (tertiary/aromatic N) is 4. The van der Waals surface area contributed by atoms with E-state index in [1.54, 1.807) is 31.2 Å². The number of amides is 1. The predicted octanol–water partition coefficient (Wildman–Crippen LogP) is 2.79. The van der Waals surface area contributed by atoms with E-state index >= 15 is 0 Å². The zero-order valence-corrected chi connectivity index (χ0v) is 16.0. The first-order valence-electron chi connectivity index (χ1n) is 9.15. The highest BCUT2D eigenvalue weighted by atomic mass is 16.5. The minimum absolute atomic E-state index is 0.0527. The summed E-state index contributed by atoms with van der Waals surface area (Å²) in [5.74, 6) is 1.45. The molecule has 1 aliphatic carbocycles. The second kappa shape index (κ2) is 7.70. The summed E-state index contributed by atoms with van der Waals surface area (Å²) < 4.78 is 7.20. The van der Waals surface area contributed by atoms with E-state index in [1.165, 1.54) is 6.20 Å². The van der Waals surface area contributed by atoms with Crippen LogP contribution < -0.4 is 15.4 Å². The summed E-state index contributed by atoms with van der Waals surface area (Å²) >= 11 is 0. The van der Waals surface area contributed by atoms with E-state index in [0.717, 1.165) is 12.8 Å². The second-order valence-electron chi connectivity index (χ2n) is 6.79. The van der Waals surface area contributed by atoms with Crippen molar-refractivity contribution in [3.8, 4) is 17.1 Å². The molecule has 9 heteroatoms. The van der Waals surface area contributed by atoms with Crippen LogP contribution in [0.5, 0.6) is 5.75 Å². The fraction of sp³-hybridized carbons (Fsp3) is 0.250. The molecule has 148 valence electrons. The monoisotopic (exact) mass is 392 g/mol. The van der Waals surface area contributed by atoms with Crippen LogP contribution in [0.4, 0.5) is 17.2 Å². The van der Waals surface area contributed by atoms with Crippen LogP contribution >= 0.6 is 0 Å². The highest BCUT2D eigenvalue weighted by Crippen LogP contribution is 2.37. The normalized spacial score (nSPS) is 13.0. The highest BCUT2D eigenvalue weighted by molar-refractivity contribution is 5.95. The van der Waals surface area contributed by atoms with E-state index in [1.807, 2.05) is 18.2 Å². The Hall–Kier alpha value is -3.75. The van der Waals surface area contributed by atoms with E-state index < -0.39 is 0 Å². The molecule has 1 saturated carbocycles. The van der Waals surface area contributed by atoms with Crippen LogP contribution in [-0.2, 0) is 11.8 Å². The number of carbonyl (C=O) groups excluding carboxylic acids is 2. The first kappa shape index (κ1) is 18.6. The minimum atomic E-state index is -0.0527. The smallest absolute Gasteiger partial charge is 0.228 e. The molecule has 2 aromatic heterocycles. The molecule has 29 heavy (non-hydrogen) atoms. The maximum absolute atomic E-state index is 12.0. The lowest BCUT2D eigenvalue weighted by Gasteiger charge is -2.15. The lowest BCUT2D eigenvalue weighted by Crippen LogP contribution is -2.14. The molecule has 0 bridgehead atoms. The molecule has 2 N–H and O–H groups in total. The molecule has 9 nitrogen and oxygen atoms in total. The van der Waals surface area contributed by atoms with E-state index in [-0.39, 0.29) is 11.8 Å². The quantitative estimate of drug-likeness (QED) is 0.595. The number of aryl methyl sites for hydroxylation is 1. The van der Waals surface area contributed by atoms with Crippen molar-refractivity contribution < 1.29 is 14.3 Å². The Kier molecular flexibility index (Phi) is 4.94. The number of anilines is 3. The van der Waals surface area contributed by atoms with Crippen molar-refractivity contribution in [2.24, 2.45) is 13.0 Å².